The Hall–Kier alpha value is -1.19. The largest absolute Gasteiger partial charge is 0.339 e. The number of carbonyl (C=O) groups excluding carboxylic acids is 1. The standard InChI is InChI=1S/C23H29ClN2O3S3/c1-30-22-11-10-20(16-21(22)23(27)26-13-4-2-3-5-14-26)32(28,29)25-12-15-31-17-18-6-8-19(24)9-7-18/h6-11,16,25H,2-5,12-15,17H2,1H3. The molecule has 0 radical (unpaired) electrons. The van der Waals surface area contributed by atoms with E-state index in [1.807, 2.05) is 35.4 Å². The summed E-state index contributed by atoms with van der Waals surface area (Å²) in [4.78, 5) is 16.0. The van der Waals surface area contributed by atoms with E-state index < -0.39 is 10.0 Å². The molecule has 0 aromatic heterocycles. The molecule has 0 spiro atoms. The lowest BCUT2D eigenvalue weighted by Crippen LogP contribution is -2.32. The van der Waals surface area contributed by atoms with Crippen molar-refractivity contribution in [2.24, 2.45) is 0 Å². The Kier molecular flexibility index (Phi) is 9.79. The molecule has 0 unspecified atom stereocenters. The van der Waals surface area contributed by atoms with Gasteiger partial charge in [-0.15, -0.1) is 11.8 Å². The van der Waals surface area contributed by atoms with Crippen molar-refractivity contribution in [2.45, 2.75) is 41.2 Å². The van der Waals surface area contributed by atoms with Gasteiger partial charge in [-0.1, -0.05) is 36.6 Å². The lowest BCUT2D eigenvalue weighted by Gasteiger charge is -2.22. The van der Waals surface area contributed by atoms with Crippen LogP contribution in [0.3, 0.4) is 0 Å². The fourth-order valence-electron chi connectivity index (χ4n) is 3.57. The highest BCUT2D eigenvalue weighted by Crippen LogP contribution is 2.26. The van der Waals surface area contributed by atoms with E-state index in [9.17, 15) is 13.2 Å². The van der Waals surface area contributed by atoms with Gasteiger partial charge >= 0.3 is 0 Å². The van der Waals surface area contributed by atoms with Crippen molar-refractivity contribution in [2.75, 3.05) is 31.6 Å². The van der Waals surface area contributed by atoms with Crippen molar-refractivity contribution >= 4 is 51.1 Å². The molecule has 1 N–H and O–H groups in total. The minimum absolute atomic E-state index is 0.0770. The number of amides is 1. The highest BCUT2D eigenvalue weighted by atomic mass is 35.5. The van der Waals surface area contributed by atoms with Gasteiger partial charge in [0.1, 0.15) is 0 Å². The number of hydrogen-bond donors (Lipinski definition) is 1. The number of sulfonamides is 1. The molecule has 32 heavy (non-hydrogen) atoms. The summed E-state index contributed by atoms with van der Waals surface area (Å²) in [5, 5.41) is 0.702. The normalized spacial score (nSPS) is 14.9. The first-order valence-corrected chi connectivity index (χ1v) is 14.9. The number of halogens is 1. The van der Waals surface area contributed by atoms with Gasteiger partial charge < -0.3 is 4.90 Å². The van der Waals surface area contributed by atoms with Gasteiger partial charge in [0.25, 0.3) is 5.91 Å². The van der Waals surface area contributed by atoms with Crippen molar-refractivity contribution in [3.05, 3.63) is 58.6 Å². The molecule has 2 aromatic carbocycles. The number of hydrogen-bond acceptors (Lipinski definition) is 5. The van der Waals surface area contributed by atoms with Crippen LogP contribution >= 0.6 is 35.1 Å². The number of benzene rings is 2. The van der Waals surface area contributed by atoms with Crippen LogP contribution in [0, 0.1) is 0 Å². The summed E-state index contributed by atoms with van der Waals surface area (Å²) in [6, 6.07) is 12.5. The van der Waals surface area contributed by atoms with E-state index >= 15 is 0 Å². The maximum Gasteiger partial charge on any atom is 0.255 e. The summed E-state index contributed by atoms with van der Waals surface area (Å²) < 4.78 is 28.3. The predicted molar refractivity (Wildman–Crippen MR) is 135 cm³/mol. The summed E-state index contributed by atoms with van der Waals surface area (Å²) >= 11 is 9.01. The number of nitrogens with zero attached hydrogens (tertiary/aromatic N) is 1. The highest BCUT2D eigenvalue weighted by Gasteiger charge is 2.23. The Morgan fingerprint density at radius 3 is 2.41 bits per heavy atom. The third-order valence-electron chi connectivity index (χ3n) is 5.33. The molecule has 1 aliphatic rings. The molecule has 1 aliphatic heterocycles. The SMILES string of the molecule is CSc1ccc(S(=O)(=O)NCCSCc2ccc(Cl)cc2)cc1C(=O)N1CCCCCC1. The van der Waals surface area contributed by atoms with Crippen LogP contribution in [0.15, 0.2) is 52.3 Å². The number of nitrogens with one attached hydrogen (secondary N) is 1. The monoisotopic (exact) mass is 512 g/mol. The third kappa shape index (κ3) is 7.15. The van der Waals surface area contributed by atoms with Gasteiger partial charge in [0.2, 0.25) is 10.0 Å². The molecule has 3 rings (SSSR count). The Morgan fingerprint density at radius 1 is 1.06 bits per heavy atom. The van der Waals surface area contributed by atoms with Gasteiger partial charge in [0.15, 0.2) is 0 Å². The molecule has 0 bridgehead atoms. The molecule has 0 aliphatic carbocycles. The number of likely N-dealkylation sites (tertiary alicyclic amines) is 1. The average molecular weight is 513 g/mol. The molecule has 1 saturated heterocycles. The Balaban J connectivity index is 1.61. The summed E-state index contributed by atoms with van der Waals surface area (Å²) in [7, 11) is -3.69. The topological polar surface area (TPSA) is 66.5 Å². The fourth-order valence-corrected chi connectivity index (χ4v) is 6.27. The van der Waals surface area contributed by atoms with Crippen LogP contribution < -0.4 is 4.72 Å². The van der Waals surface area contributed by atoms with Gasteiger partial charge in [0.05, 0.1) is 10.5 Å². The second kappa shape index (κ2) is 12.3. The second-order valence-corrected chi connectivity index (χ2v) is 11.8. The minimum Gasteiger partial charge on any atom is -0.339 e. The average Bonchev–Trinajstić information content (AvgIpc) is 3.09. The Bertz CT molecular complexity index is 1010. The molecule has 2 aromatic rings. The van der Waals surface area contributed by atoms with Crippen LogP contribution in [0.2, 0.25) is 5.02 Å². The van der Waals surface area contributed by atoms with E-state index in [4.69, 9.17) is 11.6 Å². The second-order valence-electron chi connectivity index (χ2n) is 7.65. The number of rotatable bonds is 9. The Morgan fingerprint density at radius 2 is 1.75 bits per heavy atom. The van der Waals surface area contributed by atoms with Gasteiger partial charge in [0, 0.05) is 41.1 Å². The van der Waals surface area contributed by atoms with Gasteiger partial charge in [-0.05, 0) is 55.0 Å². The molecular formula is C23H29ClN2O3S3. The molecule has 0 atom stereocenters. The maximum absolute atomic E-state index is 13.2. The van der Waals surface area contributed by atoms with E-state index in [1.54, 1.807) is 23.9 Å². The molecule has 9 heteroatoms. The van der Waals surface area contributed by atoms with Crippen molar-refractivity contribution in [1.82, 2.24) is 9.62 Å². The molecule has 5 nitrogen and oxygen atoms in total. The Labute approximate surface area is 204 Å². The van der Waals surface area contributed by atoms with Crippen LogP contribution in [0.5, 0.6) is 0 Å². The van der Waals surface area contributed by atoms with E-state index in [2.05, 4.69) is 4.72 Å². The molecule has 0 saturated carbocycles. The van der Waals surface area contributed by atoms with Gasteiger partial charge in [-0.2, -0.15) is 11.8 Å². The van der Waals surface area contributed by atoms with Crippen LogP contribution in [-0.2, 0) is 15.8 Å². The molecular weight excluding hydrogens is 484 g/mol. The molecule has 1 amide bonds. The first-order chi connectivity index (χ1) is 15.4. The van der Waals surface area contributed by atoms with Crippen LogP contribution in [0.1, 0.15) is 41.6 Å². The molecule has 1 fully saturated rings. The lowest BCUT2D eigenvalue weighted by molar-refractivity contribution is 0.0758. The minimum atomic E-state index is -3.69. The number of carbonyl (C=O) groups is 1. The lowest BCUT2D eigenvalue weighted by atomic mass is 10.2. The van der Waals surface area contributed by atoms with Crippen molar-refractivity contribution in [3.8, 4) is 0 Å². The zero-order chi connectivity index (χ0) is 23.0. The van der Waals surface area contributed by atoms with E-state index in [-0.39, 0.29) is 10.8 Å². The summed E-state index contributed by atoms with van der Waals surface area (Å²) in [6.07, 6.45) is 6.15. The number of thioether (sulfide) groups is 2. The van der Waals surface area contributed by atoms with Gasteiger partial charge in [-0.3, -0.25) is 4.79 Å². The molecule has 174 valence electrons. The highest BCUT2D eigenvalue weighted by molar-refractivity contribution is 7.98. The smallest absolute Gasteiger partial charge is 0.255 e. The van der Waals surface area contributed by atoms with E-state index in [0.29, 0.717) is 22.9 Å². The first-order valence-electron chi connectivity index (χ1n) is 10.7. The molecule has 1 heterocycles. The van der Waals surface area contributed by atoms with Crippen LogP contribution in [-0.4, -0.2) is 50.9 Å². The quantitative estimate of drug-likeness (QED) is 0.365. The summed E-state index contributed by atoms with van der Waals surface area (Å²) in [5.74, 6) is 1.35. The van der Waals surface area contributed by atoms with Crippen molar-refractivity contribution < 1.29 is 13.2 Å². The van der Waals surface area contributed by atoms with Crippen LogP contribution in [0.4, 0.5) is 0 Å². The third-order valence-corrected chi connectivity index (χ3v) is 8.86. The summed E-state index contributed by atoms with van der Waals surface area (Å²) in [6.45, 7) is 1.78. The van der Waals surface area contributed by atoms with Crippen molar-refractivity contribution in [3.63, 3.8) is 0 Å². The summed E-state index contributed by atoms with van der Waals surface area (Å²) in [5.41, 5.74) is 1.62. The first kappa shape index (κ1) is 25.4. The van der Waals surface area contributed by atoms with Crippen LogP contribution in [0.25, 0.3) is 0 Å². The van der Waals surface area contributed by atoms with E-state index in [0.717, 1.165) is 55.0 Å². The zero-order valence-electron chi connectivity index (χ0n) is 18.2. The maximum atomic E-state index is 13.2. The van der Waals surface area contributed by atoms with Gasteiger partial charge in [-0.25, -0.2) is 13.1 Å². The van der Waals surface area contributed by atoms with E-state index in [1.165, 1.54) is 17.8 Å². The van der Waals surface area contributed by atoms with Crippen molar-refractivity contribution in [1.29, 1.82) is 0 Å². The fraction of sp³-hybridized carbons (Fsp3) is 0.435. The predicted octanol–water partition coefficient (Wildman–Crippen LogP) is 5.29. The zero-order valence-corrected chi connectivity index (χ0v) is 21.4.